The fourth-order valence-electron chi connectivity index (χ4n) is 12.7. The Hall–Kier alpha value is -0.540. The van der Waals surface area contributed by atoms with Gasteiger partial charge < -0.3 is 29.9 Å². The standard InChI is InChI=1S/C38H63NO6/c40-23-33-35(42)36(43)34(41)32(7-3-1-5-9-44-24-37-17-26-11-27(18-37)13-28(12-26)19-37)39(33)8-4-2-6-10-45-25-38-20-29-14-30(21-38)16-31(15-29)22-38/h3,7,26-36,40-43H,1-2,4-6,8-25H2/b7-3-/t26?,27?,28?,29?,30?,31?,32-,33+,34-,35+,36+,37?,38?/m0/s1. The highest BCUT2D eigenvalue weighted by Gasteiger charge is 2.52. The number of rotatable bonds is 16. The Bertz CT molecular complexity index is 930. The van der Waals surface area contributed by atoms with Crippen LogP contribution in [0.25, 0.3) is 0 Å². The molecule has 256 valence electrons. The first kappa shape index (κ1) is 33.0. The summed E-state index contributed by atoms with van der Waals surface area (Å²) in [6.45, 7) is 3.82. The molecule has 1 aliphatic heterocycles. The van der Waals surface area contributed by atoms with Crippen molar-refractivity contribution in [2.24, 2.45) is 46.3 Å². The first-order chi connectivity index (χ1) is 21.8. The second kappa shape index (κ2) is 14.1. The van der Waals surface area contributed by atoms with E-state index < -0.39 is 30.4 Å². The van der Waals surface area contributed by atoms with Gasteiger partial charge in [0.05, 0.1) is 31.9 Å². The van der Waals surface area contributed by atoms with Gasteiger partial charge in [0.1, 0.15) is 18.3 Å². The Morgan fingerprint density at radius 3 is 1.58 bits per heavy atom. The normalized spacial score (nSPS) is 47.0. The zero-order valence-corrected chi connectivity index (χ0v) is 27.8. The summed E-state index contributed by atoms with van der Waals surface area (Å²) in [6, 6.07) is -1.02. The van der Waals surface area contributed by atoms with Crippen LogP contribution in [0, 0.1) is 46.3 Å². The SMILES string of the molecule is OC[C@@H]1[C@@H](O)[C@H](O)[C@@H](O)[C@H](/C=C\CCCOCC23CC4CC(CC(C4)C2)C3)N1CCCCCOCC12CC3CC(CC(C3)C1)C2. The summed E-state index contributed by atoms with van der Waals surface area (Å²) in [7, 11) is 0. The molecule has 4 N–H and O–H groups in total. The molecule has 0 spiro atoms. The number of nitrogens with zero attached hydrogens (tertiary/aromatic N) is 1. The second-order valence-corrected chi connectivity index (χ2v) is 17.5. The molecule has 9 fully saturated rings. The molecule has 7 nitrogen and oxygen atoms in total. The highest BCUT2D eigenvalue weighted by atomic mass is 16.5. The lowest BCUT2D eigenvalue weighted by Crippen LogP contribution is -2.66. The predicted molar refractivity (Wildman–Crippen MR) is 174 cm³/mol. The van der Waals surface area contributed by atoms with E-state index in [9.17, 15) is 20.4 Å². The molecule has 45 heavy (non-hydrogen) atoms. The number of hydrogen-bond donors (Lipinski definition) is 4. The van der Waals surface area contributed by atoms with Crippen molar-refractivity contribution in [1.82, 2.24) is 4.90 Å². The summed E-state index contributed by atoms with van der Waals surface area (Å²) in [5.74, 6) is 5.73. The van der Waals surface area contributed by atoms with Crippen molar-refractivity contribution in [2.75, 3.05) is 39.6 Å². The van der Waals surface area contributed by atoms with Crippen LogP contribution >= 0.6 is 0 Å². The molecule has 9 aliphatic rings. The van der Waals surface area contributed by atoms with E-state index in [-0.39, 0.29) is 6.61 Å². The van der Waals surface area contributed by atoms with Crippen molar-refractivity contribution < 1.29 is 29.9 Å². The minimum Gasteiger partial charge on any atom is -0.395 e. The molecule has 0 radical (unpaired) electrons. The highest BCUT2D eigenvalue weighted by Crippen LogP contribution is 2.61. The summed E-state index contributed by atoms with van der Waals surface area (Å²) < 4.78 is 12.5. The molecule has 0 aromatic heterocycles. The number of aliphatic hydroxyl groups excluding tert-OH is 4. The van der Waals surface area contributed by atoms with E-state index in [1.54, 1.807) is 0 Å². The number of hydrogen-bond acceptors (Lipinski definition) is 7. The zero-order valence-electron chi connectivity index (χ0n) is 27.8. The minimum absolute atomic E-state index is 0.248. The van der Waals surface area contributed by atoms with Gasteiger partial charge in [-0.15, -0.1) is 0 Å². The first-order valence-corrected chi connectivity index (χ1v) is 19.1. The van der Waals surface area contributed by atoms with E-state index in [0.29, 0.717) is 17.4 Å². The highest BCUT2D eigenvalue weighted by molar-refractivity contribution is 5.09. The third-order valence-electron chi connectivity index (χ3n) is 13.8. The maximum Gasteiger partial charge on any atom is 0.109 e. The summed E-state index contributed by atoms with van der Waals surface area (Å²) in [4.78, 5) is 2.01. The fraction of sp³-hybridized carbons (Fsp3) is 0.947. The van der Waals surface area contributed by atoms with Crippen LogP contribution in [0.15, 0.2) is 12.2 Å². The van der Waals surface area contributed by atoms with Gasteiger partial charge in [0.15, 0.2) is 0 Å². The quantitative estimate of drug-likeness (QED) is 0.139. The lowest BCUT2D eigenvalue weighted by Gasteiger charge is -2.56. The molecule has 8 saturated carbocycles. The molecular formula is C38H63NO6. The third-order valence-corrected chi connectivity index (χ3v) is 13.8. The molecule has 0 aromatic carbocycles. The van der Waals surface area contributed by atoms with Crippen molar-refractivity contribution in [1.29, 1.82) is 0 Å². The lowest BCUT2D eigenvalue weighted by atomic mass is 9.50. The van der Waals surface area contributed by atoms with Gasteiger partial charge in [-0.3, -0.25) is 4.90 Å². The van der Waals surface area contributed by atoms with E-state index in [1.807, 2.05) is 11.0 Å². The number of likely N-dealkylation sites (tertiary alicyclic amines) is 1. The van der Waals surface area contributed by atoms with Crippen LogP contribution in [-0.2, 0) is 9.47 Å². The topological polar surface area (TPSA) is 103 Å². The van der Waals surface area contributed by atoms with E-state index in [2.05, 4.69) is 6.08 Å². The van der Waals surface area contributed by atoms with Gasteiger partial charge in [0, 0.05) is 13.2 Å². The average Bonchev–Trinajstić information content (AvgIpc) is 2.99. The first-order valence-electron chi connectivity index (χ1n) is 19.1. The Labute approximate surface area is 272 Å². The van der Waals surface area contributed by atoms with Gasteiger partial charge in [-0.25, -0.2) is 0 Å². The smallest absolute Gasteiger partial charge is 0.109 e. The van der Waals surface area contributed by atoms with Gasteiger partial charge in [-0.2, -0.15) is 0 Å². The Morgan fingerprint density at radius 2 is 1.09 bits per heavy atom. The van der Waals surface area contributed by atoms with Crippen LogP contribution in [0.3, 0.4) is 0 Å². The summed E-state index contributed by atoms with van der Waals surface area (Å²) in [5, 5.41) is 42.3. The van der Waals surface area contributed by atoms with Crippen molar-refractivity contribution in [3.63, 3.8) is 0 Å². The number of ether oxygens (including phenoxy) is 2. The molecule has 1 saturated heterocycles. The molecule has 8 bridgehead atoms. The molecule has 1 heterocycles. The summed E-state index contributed by atoms with van der Waals surface area (Å²) in [5.41, 5.74) is 0.915. The van der Waals surface area contributed by atoms with E-state index in [0.717, 1.165) is 94.0 Å². The van der Waals surface area contributed by atoms with Crippen LogP contribution < -0.4 is 0 Å². The zero-order chi connectivity index (χ0) is 31.0. The molecular weight excluding hydrogens is 566 g/mol. The van der Waals surface area contributed by atoms with Crippen molar-refractivity contribution in [3.8, 4) is 0 Å². The van der Waals surface area contributed by atoms with Crippen LogP contribution in [0.4, 0.5) is 0 Å². The van der Waals surface area contributed by atoms with E-state index >= 15 is 0 Å². The third kappa shape index (κ3) is 7.26. The van der Waals surface area contributed by atoms with Crippen molar-refractivity contribution in [3.05, 3.63) is 12.2 Å². The molecule has 0 unspecified atom stereocenters. The van der Waals surface area contributed by atoms with Gasteiger partial charge >= 0.3 is 0 Å². The van der Waals surface area contributed by atoms with Gasteiger partial charge in [0.25, 0.3) is 0 Å². The summed E-state index contributed by atoms with van der Waals surface area (Å²) in [6.07, 6.45) is 22.3. The molecule has 9 rings (SSSR count). The van der Waals surface area contributed by atoms with Crippen LogP contribution in [-0.4, -0.2) is 95.3 Å². The monoisotopic (exact) mass is 629 g/mol. The minimum atomic E-state index is -1.27. The van der Waals surface area contributed by atoms with E-state index in [4.69, 9.17) is 9.47 Å². The van der Waals surface area contributed by atoms with Crippen LogP contribution in [0.2, 0.25) is 0 Å². The molecule has 7 heteroatoms. The maximum atomic E-state index is 10.9. The Kier molecular flexibility index (Phi) is 10.4. The molecule has 0 amide bonds. The van der Waals surface area contributed by atoms with Crippen LogP contribution in [0.1, 0.15) is 109 Å². The lowest BCUT2D eigenvalue weighted by molar-refractivity contribution is -0.161. The predicted octanol–water partition coefficient (Wildman–Crippen LogP) is 5.09. The van der Waals surface area contributed by atoms with Gasteiger partial charge in [-0.05, 0) is 162 Å². The number of unbranched alkanes of at least 4 members (excludes halogenated alkanes) is 3. The Morgan fingerprint density at radius 1 is 0.600 bits per heavy atom. The van der Waals surface area contributed by atoms with Crippen LogP contribution in [0.5, 0.6) is 0 Å². The Balaban J connectivity index is 0.825. The fourth-order valence-corrected chi connectivity index (χ4v) is 12.7. The van der Waals surface area contributed by atoms with Gasteiger partial charge in [0.2, 0.25) is 0 Å². The molecule has 0 aromatic rings. The van der Waals surface area contributed by atoms with Crippen molar-refractivity contribution in [2.45, 2.75) is 140 Å². The molecule has 8 aliphatic carbocycles. The largest absolute Gasteiger partial charge is 0.395 e. The molecule has 5 atom stereocenters. The maximum absolute atomic E-state index is 10.9. The summed E-state index contributed by atoms with van der Waals surface area (Å²) >= 11 is 0. The second-order valence-electron chi connectivity index (χ2n) is 17.5. The van der Waals surface area contributed by atoms with E-state index in [1.165, 1.54) is 77.0 Å². The number of allylic oxidation sites excluding steroid dienone is 1. The van der Waals surface area contributed by atoms with Gasteiger partial charge in [-0.1, -0.05) is 12.2 Å². The number of aliphatic hydroxyl groups is 4. The average molecular weight is 630 g/mol. The van der Waals surface area contributed by atoms with Crippen molar-refractivity contribution >= 4 is 0 Å². The number of piperidine rings is 1.